The maximum absolute atomic E-state index is 4.12. The van der Waals surface area contributed by atoms with E-state index in [1.165, 1.54) is 18.4 Å². The van der Waals surface area contributed by atoms with Gasteiger partial charge in [0, 0.05) is 0 Å². The third-order valence-corrected chi connectivity index (χ3v) is 3.66. The minimum atomic E-state index is 0.0794. The fourth-order valence-electron chi connectivity index (χ4n) is 2.31. The minimum Gasteiger partial charge on any atom is -0.382 e. The molecule has 0 aromatic heterocycles. The van der Waals surface area contributed by atoms with Gasteiger partial charge in [-0.15, -0.1) is 0 Å². The van der Waals surface area contributed by atoms with E-state index in [9.17, 15) is 0 Å². The molecule has 1 N–H and O–H groups in total. The lowest BCUT2D eigenvalue weighted by Gasteiger charge is -2.38. The summed E-state index contributed by atoms with van der Waals surface area (Å²) in [7, 11) is 0. The Hall–Kier alpha value is -0.720. The van der Waals surface area contributed by atoms with E-state index in [2.05, 4.69) is 51.9 Å². The van der Waals surface area contributed by atoms with Crippen LogP contribution in [0.25, 0.3) is 0 Å². The third kappa shape index (κ3) is 2.02. The molecule has 0 saturated carbocycles. The van der Waals surface area contributed by atoms with Crippen LogP contribution in [0.4, 0.5) is 0 Å². The van der Waals surface area contributed by atoms with Gasteiger partial charge >= 0.3 is 0 Å². The Balaban J connectivity index is 2.92. The fraction of sp³-hybridized carbons (Fsp3) is 0.692. The van der Waals surface area contributed by atoms with Crippen LogP contribution in [-0.4, -0.2) is 5.54 Å². The monoisotopic (exact) mass is 193 g/mol. The van der Waals surface area contributed by atoms with Crippen LogP contribution in [-0.2, 0) is 0 Å². The molecule has 0 amide bonds. The third-order valence-electron chi connectivity index (χ3n) is 3.66. The summed E-state index contributed by atoms with van der Waals surface area (Å²) >= 11 is 0. The summed E-state index contributed by atoms with van der Waals surface area (Å²) in [6.07, 6.45) is 6.83. The molecular weight excluding hydrogens is 170 g/mol. The van der Waals surface area contributed by atoms with Gasteiger partial charge < -0.3 is 5.32 Å². The fourth-order valence-corrected chi connectivity index (χ4v) is 2.31. The van der Waals surface area contributed by atoms with Crippen LogP contribution in [0.15, 0.2) is 24.4 Å². The zero-order chi connectivity index (χ0) is 10.8. The first kappa shape index (κ1) is 11.4. The van der Waals surface area contributed by atoms with Gasteiger partial charge in [-0.2, -0.15) is 0 Å². The molecular formula is C13H23N. The smallest absolute Gasteiger partial charge is 0.0574 e. The molecule has 0 fully saturated rings. The van der Waals surface area contributed by atoms with Crippen molar-refractivity contribution in [1.29, 1.82) is 0 Å². The lowest BCUT2D eigenvalue weighted by Crippen LogP contribution is -2.46. The number of hydrogen-bond acceptors (Lipinski definition) is 1. The molecule has 2 unspecified atom stereocenters. The van der Waals surface area contributed by atoms with Crippen molar-refractivity contribution >= 4 is 0 Å². The van der Waals surface area contributed by atoms with E-state index in [-0.39, 0.29) is 5.54 Å². The maximum atomic E-state index is 4.12. The molecule has 0 spiro atoms. The van der Waals surface area contributed by atoms with Crippen LogP contribution < -0.4 is 5.32 Å². The normalized spacial score (nSPS) is 37.4. The lowest BCUT2D eigenvalue weighted by molar-refractivity contribution is 0.267. The molecule has 0 aromatic rings. The van der Waals surface area contributed by atoms with Crippen LogP contribution in [0, 0.1) is 11.8 Å². The average Bonchev–Trinajstić information content (AvgIpc) is 2.26. The second kappa shape index (κ2) is 4.20. The highest BCUT2D eigenvalue weighted by Crippen LogP contribution is 2.34. The van der Waals surface area contributed by atoms with Crippen molar-refractivity contribution in [3.05, 3.63) is 24.4 Å². The Kier molecular flexibility index (Phi) is 3.41. The molecule has 0 radical (unpaired) electrons. The molecule has 0 aromatic carbocycles. The molecule has 80 valence electrons. The Morgan fingerprint density at radius 1 is 1.64 bits per heavy atom. The Morgan fingerprint density at radius 2 is 2.29 bits per heavy atom. The second-order valence-electron chi connectivity index (χ2n) is 4.80. The topological polar surface area (TPSA) is 12.0 Å². The molecule has 0 bridgehead atoms. The van der Waals surface area contributed by atoms with E-state index in [1.807, 2.05) is 0 Å². The summed E-state index contributed by atoms with van der Waals surface area (Å²) in [5.74, 6) is 1.36. The van der Waals surface area contributed by atoms with Gasteiger partial charge in [-0.05, 0) is 38.3 Å². The highest BCUT2D eigenvalue weighted by Gasteiger charge is 2.34. The molecule has 14 heavy (non-hydrogen) atoms. The molecule has 1 aliphatic rings. The Labute approximate surface area is 88.3 Å². The van der Waals surface area contributed by atoms with Crippen molar-refractivity contribution in [2.45, 2.75) is 46.1 Å². The lowest BCUT2D eigenvalue weighted by atomic mass is 9.75. The van der Waals surface area contributed by atoms with Crippen LogP contribution in [0.1, 0.15) is 40.5 Å². The SMILES string of the molecule is C=C(C)C1(C)NC=C[C@@H](C)CC1CC. The largest absolute Gasteiger partial charge is 0.382 e. The highest BCUT2D eigenvalue weighted by atomic mass is 15.0. The number of nitrogens with one attached hydrogen (secondary N) is 1. The first-order chi connectivity index (χ1) is 6.50. The van der Waals surface area contributed by atoms with Crippen LogP contribution in [0.2, 0.25) is 0 Å². The molecule has 3 atom stereocenters. The van der Waals surface area contributed by atoms with Crippen LogP contribution >= 0.6 is 0 Å². The van der Waals surface area contributed by atoms with E-state index in [1.54, 1.807) is 0 Å². The van der Waals surface area contributed by atoms with Crippen LogP contribution in [0.3, 0.4) is 0 Å². The van der Waals surface area contributed by atoms with Crippen molar-refractivity contribution in [1.82, 2.24) is 5.32 Å². The summed E-state index contributed by atoms with van der Waals surface area (Å²) in [5.41, 5.74) is 1.32. The summed E-state index contributed by atoms with van der Waals surface area (Å²) in [4.78, 5) is 0. The van der Waals surface area contributed by atoms with Gasteiger partial charge in [0.1, 0.15) is 0 Å². The van der Waals surface area contributed by atoms with Gasteiger partial charge in [0.15, 0.2) is 0 Å². The predicted molar refractivity (Wildman–Crippen MR) is 63.1 cm³/mol. The van der Waals surface area contributed by atoms with E-state index in [4.69, 9.17) is 0 Å². The second-order valence-corrected chi connectivity index (χ2v) is 4.80. The van der Waals surface area contributed by atoms with Gasteiger partial charge in [0.05, 0.1) is 5.54 Å². The van der Waals surface area contributed by atoms with Gasteiger partial charge in [-0.25, -0.2) is 0 Å². The van der Waals surface area contributed by atoms with E-state index in [0.29, 0.717) is 11.8 Å². The zero-order valence-electron chi connectivity index (χ0n) is 9.93. The molecule has 1 nitrogen and oxygen atoms in total. The van der Waals surface area contributed by atoms with Crippen molar-refractivity contribution in [3.8, 4) is 0 Å². The average molecular weight is 193 g/mol. The van der Waals surface area contributed by atoms with Gasteiger partial charge in [0.25, 0.3) is 0 Å². The molecule has 1 heteroatoms. The van der Waals surface area contributed by atoms with Crippen molar-refractivity contribution < 1.29 is 0 Å². The highest BCUT2D eigenvalue weighted by molar-refractivity contribution is 5.18. The molecule has 1 rings (SSSR count). The number of allylic oxidation sites excluding steroid dienone is 1. The minimum absolute atomic E-state index is 0.0794. The van der Waals surface area contributed by atoms with Crippen molar-refractivity contribution in [3.63, 3.8) is 0 Å². The Morgan fingerprint density at radius 3 is 2.79 bits per heavy atom. The summed E-state index contributed by atoms with van der Waals surface area (Å²) in [5, 5.41) is 3.51. The van der Waals surface area contributed by atoms with Crippen LogP contribution in [0.5, 0.6) is 0 Å². The van der Waals surface area contributed by atoms with Gasteiger partial charge in [-0.1, -0.05) is 38.5 Å². The quantitative estimate of drug-likeness (QED) is 0.662. The molecule has 1 heterocycles. The van der Waals surface area contributed by atoms with Crippen molar-refractivity contribution in [2.75, 3.05) is 0 Å². The molecule has 1 aliphatic heterocycles. The summed E-state index contributed by atoms with van der Waals surface area (Å²) in [6.45, 7) is 13.1. The first-order valence-electron chi connectivity index (χ1n) is 5.61. The predicted octanol–water partition coefficient (Wildman–Crippen LogP) is 3.49. The van der Waals surface area contributed by atoms with E-state index >= 15 is 0 Å². The van der Waals surface area contributed by atoms with Crippen molar-refractivity contribution in [2.24, 2.45) is 11.8 Å². The summed E-state index contributed by atoms with van der Waals surface area (Å²) < 4.78 is 0. The van der Waals surface area contributed by atoms with Gasteiger partial charge in [-0.3, -0.25) is 0 Å². The zero-order valence-corrected chi connectivity index (χ0v) is 9.93. The Bertz CT molecular complexity index is 242. The van der Waals surface area contributed by atoms with Gasteiger partial charge in [0.2, 0.25) is 0 Å². The van der Waals surface area contributed by atoms with E-state index in [0.717, 1.165) is 0 Å². The first-order valence-corrected chi connectivity index (χ1v) is 5.61. The molecule has 0 aliphatic carbocycles. The van der Waals surface area contributed by atoms with E-state index < -0.39 is 0 Å². The number of rotatable bonds is 2. The molecule has 0 saturated heterocycles. The number of hydrogen-bond donors (Lipinski definition) is 1. The summed E-state index contributed by atoms with van der Waals surface area (Å²) in [6, 6.07) is 0. The maximum Gasteiger partial charge on any atom is 0.0574 e. The standard InChI is InChI=1S/C13H23N/c1-6-12-9-11(4)7-8-14-13(12,5)10(2)3/h7-8,11-12,14H,2,6,9H2,1,3-5H3/t11-,12?,13?/m1/s1.